The molecule has 0 saturated carbocycles. The van der Waals surface area contributed by atoms with Crippen molar-refractivity contribution in [3.05, 3.63) is 29.3 Å². The van der Waals surface area contributed by atoms with Crippen LogP contribution in [0.15, 0.2) is 18.2 Å². The minimum absolute atomic E-state index is 0.0313. The van der Waals surface area contributed by atoms with Crippen LogP contribution in [0, 0.1) is 25.7 Å². The topological polar surface area (TPSA) is 52.7 Å². The lowest BCUT2D eigenvalue weighted by molar-refractivity contribution is -0.141. The summed E-state index contributed by atoms with van der Waals surface area (Å²) < 4.78 is 0. The van der Waals surface area contributed by atoms with Gasteiger partial charge in [-0.3, -0.25) is 9.59 Å². The highest BCUT2D eigenvalue weighted by atomic mass is 16.2. The van der Waals surface area contributed by atoms with Gasteiger partial charge >= 0.3 is 0 Å². The molecule has 1 aromatic rings. The number of nitrogens with zero attached hydrogens (tertiary/aromatic N) is 2. The maximum absolute atomic E-state index is 12.9. The van der Waals surface area contributed by atoms with Gasteiger partial charge in [0.15, 0.2) is 0 Å². The summed E-state index contributed by atoms with van der Waals surface area (Å²) in [4.78, 5) is 29.5. The van der Waals surface area contributed by atoms with Crippen LogP contribution in [0.5, 0.6) is 0 Å². The van der Waals surface area contributed by atoms with Crippen molar-refractivity contribution in [1.82, 2.24) is 10.2 Å². The molecule has 2 fully saturated rings. The van der Waals surface area contributed by atoms with Crippen LogP contribution in [0.4, 0.5) is 5.69 Å². The summed E-state index contributed by atoms with van der Waals surface area (Å²) in [7, 11) is 0. The summed E-state index contributed by atoms with van der Waals surface area (Å²) in [6.07, 6.45) is 2.68. The maximum atomic E-state index is 12.9. The van der Waals surface area contributed by atoms with Crippen molar-refractivity contribution in [2.45, 2.75) is 40.0 Å². The second-order valence-electron chi connectivity index (χ2n) is 7.75. The lowest BCUT2D eigenvalue weighted by Crippen LogP contribution is -2.45. The molecular weight excluding hydrogens is 326 g/mol. The third-order valence-corrected chi connectivity index (χ3v) is 5.63. The summed E-state index contributed by atoms with van der Waals surface area (Å²) in [5.41, 5.74) is 3.21. The largest absolute Gasteiger partial charge is 0.342 e. The normalized spacial score (nSPS) is 21.5. The first-order chi connectivity index (χ1) is 12.5. The third-order valence-electron chi connectivity index (χ3n) is 5.63. The summed E-state index contributed by atoms with van der Waals surface area (Å²) >= 11 is 0. The van der Waals surface area contributed by atoms with Gasteiger partial charge in [0, 0.05) is 25.3 Å². The molecule has 142 valence electrons. The number of carbonyl (C=O) groups is 2. The van der Waals surface area contributed by atoms with E-state index < -0.39 is 5.92 Å². The van der Waals surface area contributed by atoms with Gasteiger partial charge in [0.1, 0.15) is 5.92 Å². The van der Waals surface area contributed by atoms with E-state index in [-0.39, 0.29) is 11.8 Å². The molecule has 0 radical (unpaired) electrons. The fourth-order valence-electron chi connectivity index (χ4n) is 4.20. The third kappa shape index (κ3) is 4.09. The van der Waals surface area contributed by atoms with Crippen LogP contribution < -0.4 is 10.2 Å². The zero-order valence-electron chi connectivity index (χ0n) is 16.3. The number of hydrogen-bond donors (Lipinski definition) is 1. The Labute approximate surface area is 156 Å². The van der Waals surface area contributed by atoms with Crippen molar-refractivity contribution in [1.29, 1.82) is 0 Å². The molecule has 2 aliphatic rings. The van der Waals surface area contributed by atoms with Crippen LogP contribution in [0.1, 0.15) is 37.3 Å². The van der Waals surface area contributed by atoms with Crippen molar-refractivity contribution in [2.24, 2.45) is 11.8 Å². The Balaban J connectivity index is 1.60. The van der Waals surface area contributed by atoms with Crippen molar-refractivity contribution in [3.8, 4) is 0 Å². The van der Waals surface area contributed by atoms with E-state index in [1.807, 2.05) is 30.9 Å². The van der Waals surface area contributed by atoms with E-state index >= 15 is 0 Å². The number of amides is 2. The zero-order valence-corrected chi connectivity index (χ0v) is 16.3. The highest BCUT2D eigenvalue weighted by Crippen LogP contribution is 2.29. The molecule has 0 aliphatic carbocycles. The molecule has 1 atom stereocenters. The average Bonchev–Trinajstić information content (AvgIpc) is 3.00. The number of hydrogen-bond acceptors (Lipinski definition) is 3. The van der Waals surface area contributed by atoms with E-state index in [4.69, 9.17) is 0 Å². The Kier molecular flexibility index (Phi) is 5.97. The number of aryl methyl sites for hydroxylation is 2. The summed E-state index contributed by atoms with van der Waals surface area (Å²) in [5, 5.41) is 3.39. The number of piperidine rings is 1. The lowest BCUT2D eigenvalue weighted by Gasteiger charge is -2.33. The molecule has 2 aliphatic heterocycles. The molecule has 5 nitrogen and oxygen atoms in total. The van der Waals surface area contributed by atoms with E-state index in [0.29, 0.717) is 18.9 Å². The standard InChI is InChI=1S/C21H31N3O2/c1-4-22-14-17-5-8-23(9-6-17)20(25)19-7-10-24(21(19)26)18-12-15(2)11-16(3)13-18/h11-13,17,19,22H,4-10,14H2,1-3H3. The van der Waals surface area contributed by atoms with Crippen LogP contribution in [-0.4, -0.2) is 49.4 Å². The number of likely N-dealkylation sites (tertiary alicyclic amines) is 1. The van der Waals surface area contributed by atoms with Gasteiger partial charge in [-0.15, -0.1) is 0 Å². The van der Waals surface area contributed by atoms with Gasteiger partial charge in [0.2, 0.25) is 11.8 Å². The molecule has 0 aromatic heterocycles. The molecule has 0 bridgehead atoms. The van der Waals surface area contributed by atoms with E-state index in [1.54, 1.807) is 4.90 Å². The monoisotopic (exact) mass is 357 g/mol. The molecule has 2 heterocycles. The Morgan fingerprint density at radius 2 is 1.73 bits per heavy atom. The van der Waals surface area contributed by atoms with Crippen LogP contribution in [-0.2, 0) is 9.59 Å². The Morgan fingerprint density at radius 1 is 1.08 bits per heavy atom. The molecule has 26 heavy (non-hydrogen) atoms. The summed E-state index contributed by atoms with van der Waals surface area (Å²) in [6.45, 7) is 10.4. The fraction of sp³-hybridized carbons (Fsp3) is 0.619. The van der Waals surface area contributed by atoms with Gasteiger partial charge in [-0.1, -0.05) is 13.0 Å². The predicted molar refractivity (Wildman–Crippen MR) is 104 cm³/mol. The molecule has 2 saturated heterocycles. The minimum Gasteiger partial charge on any atom is -0.342 e. The van der Waals surface area contributed by atoms with Crippen molar-refractivity contribution in [3.63, 3.8) is 0 Å². The van der Waals surface area contributed by atoms with Gasteiger partial charge in [-0.25, -0.2) is 0 Å². The molecular formula is C21H31N3O2. The van der Waals surface area contributed by atoms with Crippen LogP contribution in [0.25, 0.3) is 0 Å². The maximum Gasteiger partial charge on any atom is 0.239 e. The molecule has 0 spiro atoms. The molecule has 2 amide bonds. The zero-order chi connectivity index (χ0) is 18.7. The van der Waals surface area contributed by atoms with E-state index in [0.717, 1.165) is 55.8 Å². The first-order valence-corrected chi connectivity index (χ1v) is 9.88. The van der Waals surface area contributed by atoms with Gasteiger partial charge < -0.3 is 15.1 Å². The highest BCUT2D eigenvalue weighted by molar-refractivity contribution is 6.09. The predicted octanol–water partition coefficient (Wildman–Crippen LogP) is 2.50. The summed E-state index contributed by atoms with van der Waals surface area (Å²) in [6, 6.07) is 6.16. The first-order valence-electron chi connectivity index (χ1n) is 9.88. The molecule has 3 rings (SSSR count). The lowest BCUT2D eigenvalue weighted by atomic mass is 9.95. The first kappa shape index (κ1) is 18.9. The van der Waals surface area contributed by atoms with Crippen LogP contribution in [0.2, 0.25) is 0 Å². The molecule has 1 unspecified atom stereocenters. The smallest absolute Gasteiger partial charge is 0.239 e. The van der Waals surface area contributed by atoms with Gasteiger partial charge in [-0.05, 0) is 75.4 Å². The van der Waals surface area contributed by atoms with Crippen molar-refractivity contribution in [2.75, 3.05) is 37.6 Å². The Morgan fingerprint density at radius 3 is 2.35 bits per heavy atom. The van der Waals surface area contributed by atoms with Crippen molar-refractivity contribution >= 4 is 17.5 Å². The summed E-state index contributed by atoms with van der Waals surface area (Å²) in [5.74, 6) is 0.143. The number of benzene rings is 1. The second kappa shape index (κ2) is 8.21. The van der Waals surface area contributed by atoms with Crippen LogP contribution in [0.3, 0.4) is 0 Å². The molecule has 1 N–H and O–H groups in total. The fourth-order valence-corrected chi connectivity index (χ4v) is 4.20. The van der Waals surface area contributed by atoms with Crippen LogP contribution >= 0.6 is 0 Å². The number of rotatable bonds is 5. The minimum atomic E-state index is -0.499. The number of nitrogens with one attached hydrogen (secondary N) is 1. The van der Waals surface area contributed by atoms with E-state index in [9.17, 15) is 9.59 Å². The van der Waals surface area contributed by atoms with Gasteiger partial charge in [0.25, 0.3) is 0 Å². The molecule has 1 aromatic carbocycles. The quantitative estimate of drug-likeness (QED) is 0.824. The average molecular weight is 357 g/mol. The number of anilines is 1. The van der Waals surface area contributed by atoms with E-state index in [2.05, 4.69) is 18.3 Å². The molecule has 5 heteroatoms. The van der Waals surface area contributed by atoms with Crippen molar-refractivity contribution < 1.29 is 9.59 Å². The highest BCUT2D eigenvalue weighted by Gasteiger charge is 2.40. The van der Waals surface area contributed by atoms with E-state index in [1.165, 1.54) is 0 Å². The van der Waals surface area contributed by atoms with Gasteiger partial charge in [-0.2, -0.15) is 0 Å². The Bertz CT molecular complexity index is 645. The SMILES string of the molecule is CCNCC1CCN(C(=O)C2CCN(c3cc(C)cc(C)c3)C2=O)CC1. The van der Waals surface area contributed by atoms with Gasteiger partial charge in [0.05, 0.1) is 0 Å². The number of carbonyl (C=O) groups excluding carboxylic acids is 2. The second-order valence-corrected chi connectivity index (χ2v) is 7.75. The Hall–Kier alpha value is -1.88.